The Labute approximate surface area is 165 Å². The average Bonchev–Trinajstić information content (AvgIpc) is 2.72. The number of rotatable bonds is 7. The molecule has 0 saturated carbocycles. The maximum absolute atomic E-state index is 12.8. The Bertz CT molecular complexity index is 818. The molecule has 0 bridgehead atoms. The van der Waals surface area contributed by atoms with E-state index in [1.807, 2.05) is 31.2 Å². The molecular formula is C22H25NO5. The summed E-state index contributed by atoms with van der Waals surface area (Å²) in [5.41, 5.74) is 2.03. The van der Waals surface area contributed by atoms with Gasteiger partial charge in [-0.25, -0.2) is 4.79 Å². The average molecular weight is 383 g/mol. The van der Waals surface area contributed by atoms with Gasteiger partial charge in [-0.1, -0.05) is 18.2 Å². The highest BCUT2D eigenvalue weighted by atomic mass is 16.6. The summed E-state index contributed by atoms with van der Waals surface area (Å²) >= 11 is 0. The van der Waals surface area contributed by atoms with Crippen molar-refractivity contribution in [2.24, 2.45) is 0 Å². The van der Waals surface area contributed by atoms with Crippen LogP contribution in [0.25, 0.3) is 0 Å². The number of benzene rings is 2. The molecule has 1 aliphatic rings. The standard InChI is InChI=1S/C22H25NO5/c1-3-26-18-10-12-19(13-11-18)27-15-21(24)28-16(2)22(25)23-14-6-8-17-7-4-5-9-20(17)23/h4-5,7,9-13,16H,3,6,8,14-15H2,1-2H3. The van der Waals surface area contributed by atoms with Gasteiger partial charge >= 0.3 is 5.97 Å². The van der Waals surface area contributed by atoms with Crippen molar-refractivity contribution >= 4 is 17.6 Å². The lowest BCUT2D eigenvalue weighted by molar-refractivity contribution is -0.155. The smallest absolute Gasteiger partial charge is 0.344 e. The summed E-state index contributed by atoms with van der Waals surface area (Å²) in [7, 11) is 0. The van der Waals surface area contributed by atoms with Gasteiger partial charge in [-0.2, -0.15) is 0 Å². The molecule has 0 fully saturated rings. The number of fused-ring (bicyclic) bond motifs is 1. The van der Waals surface area contributed by atoms with Crippen molar-refractivity contribution in [1.82, 2.24) is 0 Å². The number of hydrogen-bond donors (Lipinski definition) is 0. The van der Waals surface area contributed by atoms with Crippen molar-refractivity contribution in [3.8, 4) is 11.5 Å². The van der Waals surface area contributed by atoms with Gasteiger partial charge in [0.25, 0.3) is 5.91 Å². The Balaban J connectivity index is 1.52. The normalized spacial score (nSPS) is 14.0. The molecule has 28 heavy (non-hydrogen) atoms. The molecule has 0 aromatic heterocycles. The lowest BCUT2D eigenvalue weighted by atomic mass is 10.0. The first-order chi connectivity index (χ1) is 13.6. The number of amides is 1. The third-order valence-electron chi connectivity index (χ3n) is 4.52. The first kappa shape index (κ1) is 19.7. The fourth-order valence-corrected chi connectivity index (χ4v) is 3.20. The predicted molar refractivity (Wildman–Crippen MR) is 106 cm³/mol. The van der Waals surface area contributed by atoms with E-state index in [4.69, 9.17) is 14.2 Å². The third-order valence-corrected chi connectivity index (χ3v) is 4.52. The van der Waals surface area contributed by atoms with Gasteiger partial charge in [0, 0.05) is 12.2 Å². The quantitative estimate of drug-likeness (QED) is 0.686. The Morgan fingerprint density at radius 2 is 1.71 bits per heavy atom. The van der Waals surface area contributed by atoms with Crippen molar-refractivity contribution in [1.29, 1.82) is 0 Å². The Morgan fingerprint density at radius 1 is 1.04 bits per heavy atom. The lowest BCUT2D eigenvalue weighted by Crippen LogP contribution is -2.43. The topological polar surface area (TPSA) is 65.1 Å². The number of anilines is 1. The van der Waals surface area contributed by atoms with Crippen LogP contribution in [0.1, 0.15) is 25.8 Å². The van der Waals surface area contributed by atoms with Crippen LogP contribution in [0.4, 0.5) is 5.69 Å². The van der Waals surface area contributed by atoms with Gasteiger partial charge < -0.3 is 19.1 Å². The van der Waals surface area contributed by atoms with Gasteiger partial charge in [0.1, 0.15) is 11.5 Å². The van der Waals surface area contributed by atoms with Crippen LogP contribution in [-0.4, -0.2) is 37.7 Å². The number of nitrogens with zero attached hydrogens (tertiary/aromatic N) is 1. The van der Waals surface area contributed by atoms with Crippen LogP contribution in [0.3, 0.4) is 0 Å². The van der Waals surface area contributed by atoms with Crippen LogP contribution >= 0.6 is 0 Å². The molecule has 1 heterocycles. The monoisotopic (exact) mass is 383 g/mol. The van der Waals surface area contributed by atoms with Crippen LogP contribution in [-0.2, 0) is 20.7 Å². The van der Waals surface area contributed by atoms with Crippen molar-refractivity contribution in [2.45, 2.75) is 32.8 Å². The third kappa shape index (κ3) is 4.82. The Kier molecular flexibility index (Phi) is 6.53. The van der Waals surface area contributed by atoms with E-state index >= 15 is 0 Å². The summed E-state index contributed by atoms with van der Waals surface area (Å²) in [6.07, 6.45) is 0.969. The molecule has 3 rings (SSSR count). The second-order valence-electron chi connectivity index (χ2n) is 6.55. The summed E-state index contributed by atoms with van der Waals surface area (Å²) in [6.45, 7) is 4.45. The number of carbonyl (C=O) groups is 2. The minimum Gasteiger partial charge on any atom is -0.494 e. The number of esters is 1. The molecule has 0 radical (unpaired) electrons. The van der Waals surface area contributed by atoms with E-state index < -0.39 is 12.1 Å². The van der Waals surface area contributed by atoms with E-state index in [9.17, 15) is 9.59 Å². The SMILES string of the molecule is CCOc1ccc(OCC(=O)OC(C)C(=O)N2CCCc3ccccc32)cc1. The number of carbonyl (C=O) groups excluding carboxylic acids is 2. The highest BCUT2D eigenvalue weighted by Gasteiger charge is 2.28. The van der Waals surface area contributed by atoms with E-state index in [1.165, 1.54) is 0 Å². The second kappa shape index (κ2) is 9.26. The largest absolute Gasteiger partial charge is 0.494 e. The van der Waals surface area contributed by atoms with Gasteiger partial charge in [0.15, 0.2) is 12.7 Å². The lowest BCUT2D eigenvalue weighted by Gasteiger charge is -2.31. The highest BCUT2D eigenvalue weighted by molar-refractivity contribution is 5.98. The molecule has 6 nitrogen and oxygen atoms in total. The summed E-state index contributed by atoms with van der Waals surface area (Å²) in [5.74, 6) is 0.462. The molecule has 0 spiro atoms. The fourth-order valence-electron chi connectivity index (χ4n) is 3.20. The predicted octanol–water partition coefficient (Wildman–Crippen LogP) is 3.38. The number of ether oxygens (including phenoxy) is 3. The van der Waals surface area contributed by atoms with Gasteiger partial charge in [0.2, 0.25) is 0 Å². The molecule has 6 heteroatoms. The zero-order valence-corrected chi connectivity index (χ0v) is 16.2. The molecular weight excluding hydrogens is 358 g/mol. The zero-order chi connectivity index (χ0) is 19.9. The van der Waals surface area contributed by atoms with E-state index in [0.29, 0.717) is 18.9 Å². The van der Waals surface area contributed by atoms with Gasteiger partial charge in [-0.05, 0) is 62.6 Å². The number of hydrogen-bond acceptors (Lipinski definition) is 5. The summed E-state index contributed by atoms with van der Waals surface area (Å²) in [5, 5.41) is 0. The minimum absolute atomic E-state index is 0.221. The molecule has 0 saturated heterocycles. The highest BCUT2D eigenvalue weighted by Crippen LogP contribution is 2.27. The number of aryl methyl sites for hydroxylation is 1. The second-order valence-corrected chi connectivity index (χ2v) is 6.55. The first-order valence-corrected chi connectivity index (χ1v) is 9.53. The molecule has 1 aliphatic heterocycles. The molecule has 2 aromatic carbocycles. The maximum Gasteiger partial charge on any atom is 0.344 e. The Morgan fingerprint density at radius 3 is 2.43 bits per heavy atom. The molecule has 1 atom stereocenters. The van der Waals surface area contributed by atoms with Crippen LogP contribution < -0.4 is 14.4 Å². The zero-order valence-electron chi connectivity index (χ0n) is 16.2. The summed E-state index contributed by atoms with van der Waals surface area (Å²) in [4.78, 5) is 26.5. The van der Waals surface area contributed by atoms with Crippen molar-refractivity contribution in [2.75, 3.05) is 24.7 Å². The van der Waals surface area contributed by atoms with Crippen molar-refractivity contribution < 1.29 is 23.8 Å². The molecule has 148 valence electrons. The van der Waals surface area contributed by atoms with Crippen LogP contribution in [0.5, 0.6) is 11.5 Å². The van der Waals surface area contributed by atoms with E-state index in [0.717, 1.165) is 29.8 Å². The molecule has 1 unspecified atom stereocenters. The Hall–Kier alpha value is -3.02. The van der Waals surface area contributed by atoms with Gasteiger partial charge in [-0.3, -0.25) is 4.79 Å². The van der Waals surface area contributed by atoms with E-state index in [-0.39, 0.29) is 12.5 Å². The van der Waals surface area contributed by atoms with Crippen molar-refractivity contribution in [3.63, 3.8) is 0 Å². The molecule has 0 N–H and O–H groups in total. The van der Waals surface area contributed by atoms with E-state index in [1.54, 1.807) is 36.1 Å². The van der Waals surface area contributed by atoms with Gasteiger partial charge in [0.05, 0.1) is 6.61 Å². The maximum atomic E-state index is 12.8. The summed E-state index contributed by atoms with van der Waals surface area (Å²) < 4.78 is 16.1. The molecule has 2 aromatic rings. The number of para-hydroxylation sites is 1. The van der Waals surface area contributed by atoms with Crippen LogP contribution in [0, 0.1) is 0 Å². The minimum atomic E-state index is -0.873. The van der Waals surface area contributed by atoms with E-state index in [2.05, 4.69) is 0 Å². The summed E-state index contributed by atoms with van der Waals surface area (Å²) in [6, 6.07) is 14.8. The first-order valence-electron chi connectivity index (χ1n) is 9.53. The van der Waals surface area contributed by atoms with Crippen LogP contribution in [0.15, 0.2) is 48.5 Å². The molecule has 1 amide bonds. The van der Waals surface area contributed by atoms with Crippen LogP contribution in [0.2, 0.25) is 0 Å². The fraction of sp³-hybridized carbons (Fsp3) is 0.364. The van der Waals surface area contributed by atoms with Crippen molar-refractivity contribution in [3.05, 3.63) is 54.1 Å². The van der Waals surface area contributed by atoms with Gasteiger partial charge in [-0.15, -0.1) is 0 Å². The molecule has 0 aliphatic carbocycles.